The van der Waals surface area contributed by atoms with Gasteiger partial charge in [0.15, 0.2) is 3.95 Å². The Balaban J connectivity index is 2.13. The van der Waals surface area contributed by atoms with E-state index in [9.17, 15) is 9.59 Å². The number of carbonyl (C=O) groups is 1. The summed E-state index contributed by atoms with van der Waals surface area (Å²) >= 11 is 9.99. The van der Waals surface area contributed by atoms with E-state index in [4.69, 9.17) is 12.2 Å². The first-order chi connectivity index (χ1) is 11.4. The van der Waals surface area contributed by atoms with Crippen LogP contribution in [0.5, 0.6) is 0 Å². The Bertz CT molecular complexity index is 1050. The van der Waals surface area contributed by atoms with Crippen LogP contribution in [0.4, 0.5) is 0 Å². The third-order valence-corrected chi connectivity index (χ3v) is 5.57. The van der Waals surface area contributed by atoms with Crippen LogP contribution in [-0.2, 0) is 0 Å². The average molecular weight is 426 g/mol. The summed E-state index contributed by atoms with van der Waals surface area (Å²) in [4.78, 5) is 28.1. The number of H-pyrrole nitrogens is 1. The number of hydrogen-bond acceptors (Lipinski definition) is 4. The lowest BCUT2D eigenvalue weighted by atomic mass is 10.1. The highest BCUT2D eigenvalue weighted by Gasteiger charge is 2.17. The molecule has 0 aliphatic rings. The lowest BCUT2D eigenvalue weighted by Gasteiger charge is -2.07. The molecule has 126 valence electrons. The van der Waals surface area contributed by atoms with Crippen LogP contribution in [0.25, 0.3) is 16.6 Å². The van der Waals surface area contributed by atoms with Gasteiger partial charge in [-0.05, 0) is 42.8 Å². The topological polar surface area (TPSA) is 66.4 Å². The number of rotatable bonds is 4. The maximum Gasteiger partial charge on any atom is 0.265 e. The normalized spacial score (nSPS) is 11.5. The molecule has 3 rings (SSSR count). The van der Waals surface area contributed by atoms with Gasteiger partial charge in [-0.15, -0.1) is 0 Å². The van der Waals surface area contributed by atoms with Crippen molar-refractivity contribution in [2.24, 2.45) is 5.92 Å². The van der Waals surface area contributed by atoms with E-state index in [2.05, 4.69) is 40.1 Å². The highest BCUT2D eigenvalue weighted by Crippen LogP contribution is 2.24. The fourth-order valence-corrected chi connectivity index (χ4v) is 4.13. The molecule has 0 aliphatic heterocycles. The number of aromatic nitrogens is 2. The summed E-state index contributed by atoms with van der Waals surface area (Å²) in [7, 11) is 0. The van der Waals surface area contributed by atoms with Crippen molar-refractivity contribution >= 4 is 61.9 Å². The SMILES string of the molecule is CC(C)CCNC(=O)c1sc(=S)n2c1[nH]c(=O)c1cc(Br)ccc12. The van der Waals surface area contributed by atoms with E-state index in [1.54, 1.807) is 10.5 Å². The van der Waals surface area contributed by atoms with Crippen LogP contribution in [-0.4, -0.2) is 21.8 Å². The molecule has 0 spiro atoms. The zero-order chi connectivity index (χ0) is 17.4. The molecule has 0 bridgehead atoms. The van der Waals surface area contributed by atoms with Crippen LogP contribution in [0.1, 0.15) is 29.9 Å². The summed E-state index contributed by atoms with van der Waals surface area (Å²) in [5.41, 5.74) is 0.904. The molecular formula is C16H16BrN3O2S2. The molecule has 0 saturated carbocycles. The van der Waals surface area contributed by atoms with Gasteiger partial charge >= 0.3 is 0 Å². The van der Waals surface area contributed by atoms with Gasteiger partial charge in [0.25, 0.3) is 11.5 Å². The van der Waals surface area contributed by atoms with Crippen molar-refractivity contribution in [3.05, 3.63) is 41.9 Å². The average Bonchev–Trinajstić information content (AvgIpc) is 2.84. The number of carbonyl (C=O) groups excluding carboxylic acids is 1. The van der Waals surface area contributed by atoms with Gasteiger partial charge in [-0.3, -0.25) is 14.0 Å². The molecule has 24 heavy (non-hydrogen) atoms. The Morgan fingerprint density at radius 1 is 1.46 bits per heavy atom. The largest absolute Gasteiger partial charge is 0.351 e. The number of halogens is 1. The van der Waals surface area contributed by atoms with E-state index in [0.29, 0.717) is 37.8 Å². The number of amides is 1. The molecule has 0 unspecified atom stereocenters. The summed E-state index contributed by atoms with van der Waals surface area (Å²) in [5.74, 6) is 0.304. The van der Waals surface area contributed by atoms with E-state index in [1.165, 1.54) is 11.3 Å². The molecule has 2 heterocycles. The Kier molecular flexibility index (Phi) is 4.89. The summed E-state index contributed by atoms with van der Waals surface area (Å²) in [5, 5.41) is 3.42. The zero-order valence-electron chi connectivity index (χ0n) is 13.2. The minimum absolute atomic E-state index is 0.207. The smallest absolute Gasteiger partial charge is 0.265 e. The highest BCUT2D eigenvalue weighted by atomic mass is 79.9. The molecule has 0 fully saturated rings. The first-order valence-electron chi connectivity index (χ1n) is 7.53. The molecule has 2 aromatic heterocycles. The number of nitrogens with one attached hydrogen (secondary N) is 2. The maximum absolute atomic E-state index is 12.5. The lowest BCUT2D eigenvalue weighted by molar-refractivity contribution is 0.0957. The van der Waals surface area contributed by atoms with Crippen LogP contribution in [0.2, 0.25) is 0 Å². The van der Waals surface area contributed by atoms with Gasteiger partial charge in [-0.2, -0.15) is 0 Å². The van der Waals surface area contributed by atoms with Gasteiger partial charge in [-0.25, -0.2) is 0 Å². The number of hydrogen-bond donors (Lipinski definition) is 2. The first kappa shape index (κ1) is 17.3. The first-order valence-corrected chi connectivity index (χ1v) is 9.55. The molecule has 2 N–H and O–H groups in total. The maximum atomic E-state index is 12.5. The van der Waals surface area contributed by atoms with Gasteiger partial charge in [-0.1, -0.05) is 41.1 Å². The van der Waals surface area contributed by atoms with Gasteiger partial charge in [0.05, 0.1) is 10.9 Å². The molecule has 0 saturated heterocycles. The van der Waals surface area contributed by atoms with E-state index in [1.807, 2.05) is 12.1 Å². The van der Waals surface area contributed by atoms with E-state index < -0.39 is 0 Å². The molecule has 5 nitrogen and oxygen atoms in total. The fraction of sp³-hybridized carbons (Fsp3) is 0.312. The number of fused-ring (bicyclic) bond motifs is 3. The standard InChI is InChI=1S/C16H16BrN3O2S2/c1-8(2)5-6-18-15(22)12-13-19-14(21)10-7-9(17)3-4-11(10)20(13)16(23)24-12/h3-4,7-8H,5-6H2,1-2H3,(H,18,22)(H,19,21). The van der Waals surface area contributed by atoms with Crippen molar-refractivity contribution in [1.29, 1.82) is 0 Å². The van der Waals surface area contributed by atoms with Crippen molar-refractivity contribution in [3.63, 3.8) is 0 Å². The van der Waals surface area contributed by atoms with Crippen molar-refractivity contribution in [2.75, 3.05) is 6.54 Å². The fourth-order valence-electron chi connectivity index (χ4n) is 2.47. The second-order valence-electron chi connectivity index (χ2n) is 5.94. The third kappa shape index (κ3) is 3.18. The number of nitrogens with zero attached hydrogens (tertiary/aromatic N) is 1. The van der Waals surface area contributed by atoms with E-state index in [-0.39, 0.29) is 11.5 Å². The molecule has 3 aromatic rings. The Labute approximate surface area is 155 Å². The Hall–Kier alpha value is -1.51. The van der Waals surface area contributed by atoms with E-state index in [0.717, 1.165) is 10.9 Å². The van der Waals surface area contributed by atoms with Gasteiger partial charge in [0.1, 0.15) is 10.5 Å². The predicted molar refractivity (Wildman–Crippen MR) is 104 cm³/mol. The summed E-state index contributed by atoms with van der Waals surface area (Å²) in [6.45, 7) is 4.80. The van der Waals surface area contributed by atoms with Gasteiger partial charge in [0.2, 0.25) is 0 Å². The van der Waals surface area contributed by atoms with Crippen molar-refractivity contribution in [1.82, 2.24) is 14.7 Å². The lowest BCUT2D eigenvalue weighted by Crippen LogP contribution is -2.25. The van der Waals surface area contributed by atoms with Crippen molar-refractivity contribution in [2.45, 2.75) is 20.3 Å². The zero-order valence-corrected chi connectivity index (χ0v) is 16.4. The second kappa shape index (κ2) is 6.78. The number of benzene rings is 1. The number of aromatic amines is 1. The van der Waals surface area contributed by atoms with Crippen molar-refractivity contribution < 1.29 is 4.79 Å². The quantitative estimate of drug-likeness (QED) is 0.617. The van der Waals surface area contributed by atoms with Gasteiger partial charge < -0.3 is 10.3 Å². The minimum Gasteiger partial charge on any atom is -0.351 e. The molecule has 0 radical (unpaired) electrons. The Morgan fingerprint density at radius 3 is 2.92 bits per heavy atom. The molecule has 8 heteroatoms. The molecular weight excluding hydrogens is 410 g/mol. The van der Waals surface area contributed by atoms with Gasteiger partial charge in [0, 0.05) is 11.0 Å². The summed E-state index contributed by atoms with van der Waals surface area (Å²) in [6, 6.07) is 5.42. The monoisotopic (exact) mass is 425 g/mol. The Morgan fingerprint density at radius 2 is 2.21 bits per heavy atom. The van der Waals surface area contributed by atoms with Crippen LogP contribution < -0.4 is 10.9 Å². The van der Waals surface area contributed by atoms with Crippen LogP contribution >= 0.6 is 39.5 Å². The van der Waals surface area contributed by atoms with Crippen LogP contribution in [0.15, 0.2) is 27.5 Å². The predicted octanol–water partition coefficient (Wildman–Crippen LogP) is 4.11. The second-order valence-corrected chi connectivity index (χ2v) is 8.49. The number of thiazole rings is 1. The minimum atomic E-state index is -0.240. The van der Waals surface area contributed by atoms with Crippen LogP contribution in [0.3, 0.4) is 0 Å². The summed E-state index contributed by atoms with van der Waals surface area (Å²) in [6.07, 6.45) is 0.899. The van der Waals surface area contributed by atoms with Crippen LogP contribution in [0, 0.1) is 9.87 Å². The summed E-state index contributed by atoms with van der Waals surface area (Å²) < 4.78 is 3.09. The van der Waals surface area contributed by atoms with Crippen molar-refractivity contribution in [3.8, 4) is 0 Å². The molecule has 1 amide bonds. The van der Waals surface area contributed by atoms with E-state index >= 15 is 0 Å². The molecule has 0 aliphatic carbocycles. The third-order valence-electron chi connectivity index (χ3n) is 3.70. The molecule has 1 aromatic carbocycles. The highest BCUT2D eigenvalue weighted by molar-refractivity contribution is 9.10. The molecule has 0 atom stereocenters.